The van der Waals surface area contributed by atoms with Gasteiger partial charge >= 0.3 is 5.97 Å². The van der Waals surface area contributed by atoms with Crippen molar-refractivity contribution in [2.75, 3.05) is 5.32 Å². The Hall–Kier alpha value is -2.70. The first-order valence-electron chi connectivity index (χ1n) is 13.3. The maximum absolute atomic E-state index is 14.3. The van der Waals surface area contributed by atoms with Crippen LogP contribution in [0.15, 0.2) is 22.7 Å². The summed E-state index contributed by atoms with van der Waals surface area (Å²) in [7, 11) is 0. The van der Waals surface area contributed by atoms with Crippen LogP contribution in [0.4, 0.5) is 10.1 Å². The van der Waals surface area contributed by atoms with Crippen LogP contribution in [0.5, 0.6) is 0 Å². The largest absolute Gasteiger partial charge is 0.481 e. The molecule has 36 heavy (non-hydrogen) atoms. The molecule has 0 unspecified atom stereocenters. The molecule has 1 heterocycles. The van der Waals surface area contributed by atoms with Gasteiger partial charge in [-0.25, -0.2) is 4.39 Å². The number of amides is 1. The average Bonchev–Trinajstić information content (AvgIpc) is 3.54. The van der Waals surface area contributed by atoms with Crippen molar-refractivity contribution in [3.05, 3.63) is 46.6 Å². The number of aliphatic carboxylic acids is 1. The second-order valence-corrected chi connectivity index (χ2v) is 11.7. The fourth-order valence-corrected chi connectivity index (χ4v) is 5.52. The Morgan fingerprint density at radius 1 is 1.25 bits per heavy atom. The third kappa shape index (κ3) is 6.34. The lowest BCUT2D eigenvalue weighted by Crippen LogP contribution is -2.27. The molecule has 2 aromatic rings. The molecular weight excluding hydrogens is 459 g/mol. The van der Waals surface area contributed by atoms with Crippen LogP contribution in [-0.4, -0.2) is 22.1 Å². The number of carbonyl (C=O) groups excluding carboxylic acids is 1. The van der Waals surface area contributed by atoms with E-state index in [-0.39, 0.29) is 30.9 Å². The minimum Gasteiger partial charge on any atom is -0.481 e. The van der Waals surface area contributed by atoms with E-state index in [1.165, 1.54) is 12.5 Å². The molecular formula is C29H39FN2O4. The van der Waals surface area contributed by atoms with Crippen LogP contribution in [0.25, 0.3) is 0 Å². The number of carbonyl (C=O) groups is 2. The van der Waals surface area contributed by atoms with Crippen LogP contribution in [0.3, 0.4) is 0 Å². The molecule has 2 aliphatic rings. The van der Waals surface area contributed by atoms with E-state index in [4.69, 9.17) is 4.52 Å². The summed E-state index contributed by atoms with van der Waals surface area (Å²) in [6.45, 7) is 8.67. The molecule has 1 aromatic carbocycles. The van der Waals surface area contributed by atoms with Crippen LogP contribution >= 0.6 is 0 Å². The molecule has 1 aromatic heterocycles. The Balaban J connectivity index is 1.50. The molecule has 2 saturated carbocycles. The smallest absolute Gasteiger partial charge is 0.303 e. The lowest BCUT2D eigenvalue weighted by atomic mass is 9.66. The van der Waals surface area contributed by atoms with Crippen molar-refractivity contribution in [3.63, 3.8) is 0 Å². The molecule has 0 spiro atoms. The van der Waals surface area contributed by atoms with Crippen molar-refractivity contribution in [3.8, 4) is 0 Å². The van der Waals surface area contributed by atoms with Crippen molar-refractivity contribution in [2.24, 2.45) is 11.3 Å². The second-order valence-electron chi connectivity index (χ2n) is 11.7. The van der Waals surface area contributed by atoms with Gasteiger partial charge in [0, 0.05) is 30.2 Å². The molecule has 6 nitrogen and oxygen atoms in total. The number of anilines is 1. The molecule has 0 aliphatic heterocycles. The summed E-state index contributed by atoms with van der Waals surface area (Å²) in [6, 6.07) is 4.66. The lowest BCUT2D eigenvalue weighted by molar-refractivity contribution is -0.137. The van der Waals surface area contributed by atoms with E-state index in [9.17, 15) is 19.1 Å². The van der Waals surface area contributed by atoms with E-state index in [0.29, 0.717) is 23.2 Å². The van der Waals surface area contributed by atoms with Crippen LogP contribution in [0.2, 0.25) is 0 Å². The van der Waals surface area contributed by atoms with Crippen LogP contribution in [0.1, 0.15) is 119 Å². The average molecular weight is 499 g/mol. The Morgan fingerprint density at radius 2 is 1.97 bits per heavy atom. The second kappa shape index (κ2) is 10.7. The molecule has 1 atom stereocenters. The van der Waals surface area contributed by atoms with Gasteiger partial charge < -0.3 is 14.9 Å². The molecule has 0 radical (unpaired) electrons. The van der Waals surface area contributed by atoms with E-state index < -0.39 is 17.7 Å². The van der Waals surface area contributed by atoms with Gasteiger partial charge in [-0.2, -0.15) is 0 Å². The first kappa shape index (κ1) is 26.4. The van der Waals surface area contributed by atoms with Gasteiger partial charge in [0.15, 0.2) is 0 Å². The monoisotopic (exact) mass is 498 g/mol. The molecule has 0 saturated heterocycles. The molecule has 1 amide bonds. The first-order valence-corrected chi connectivity index (χ1v) is 13.3. The van der Waals surface area contributed by atoms with E-state index in [0.717, 1.165) is 54.7 Å². The maximum atomic E-state index is 14.3. The number of nitrogens with zero attached hydrogens (tertiary/aromatic N) is 1. The summed E-state index contributed by atoms with van der Waals surface area (Å²) >= 11 is 0. The van der Waals surface area contributed by atoms with E-state index in [1.54, 1.807) is 19.1 Å². The van der Waals surface area contributed by atoms with Gasteiger partial charge in [-0.1, -0.05) is 38.4 Å². The van der Waals surface area contributed by atoms with Gasteiger partial charge in [0.05, 0.1) is 11.4 Å². The molecule has 2 fully saturated rings. The van der Waals surface area contributed by atoms with Crippen molar-refractivity contribution in [1.29, 1.82) is 0 Å². The van der Waals surface area contributed by atoms with Gasteiger partial charge in [0.1, 0.15) is 11.6 Å². The highest BCUT2D eigenvalue weighted by Crippen LogP contribution is 2.53. The fourth-order valence-electron chi connectivity index (χ4n) is 5.52. The number of hydrogen-bond donors (Lipinski definition) is 2. The summed E-state index contributed by atoms with van der Waals surface area (Å²) in [6.07, 6.45) is 6.91. The quantitative estimate of drug-likeness (QED) is 0.320. The summed E-state index contributed by atoms with van der Waals surface area (Å²) in [5, 5.41) is 16.4. The summed E-state index contributed by atoms with van der Waals surface area (Å²) in [5.74, 6) is 0.197. The topological polar surface area (TPSA) is 92.4 Å². The predicted molar refractivity (Wildman–Crippen MR) is 137 cm³/mol. The van der Waals surface area contributed by atoms with Crippen molar-refractivity contribution in [2.45, 2.75) is 103 Å². The Bertz CT molecular complexity index is 1100. The van der Waals surface area contributed by atoms with E-state index in [2.05, 4.69) is 31.2 Å². The van der Waals surface area contributed by atoms with Crippen molar-refractivity contribution >= 4 is 17.6 Å². The summed E-state index contributed by atoms with van der Waals surface area (Å²) in [4.78, 5) is 24.3. The zero-order valence-electron chi connectivity index (χ0n) is 21.9. The molecule has 0 bridgehead atoms. The number of hydrogen-bond acceptors (Lipinski definition) is 4. The highest BCUT2D eigenvalue weighted by atomic mass is 19.1. The third-order valence-electron chi connectivity index (χ3n) is 8.10. The highest BCUT2D eigenvalue weighted by molar-refractivity contribution is 5.91. The van der Waals surface area contributed by atoms with Crippen LogP contribution < -0.4 is 5.32 Å². The van der Waals surface area contributed by atoms with Gasteiger partial charge in [-0.3, -0.25) is 9.59 Å². The fraction of sp³-hybridized carbons (Fsp3) is 0.621. The number of benzene rings is 1. The number of carboxylic acid groups (broad SMARTS) is 1. The number of aryl methyl sites for hydroxylation is 1. The van der Waals surface area contributed by atoms with Gasteiger partial charge in [-0.15, -0.1) is 0 Å². The van der Waals surface area contributed by atoms with Crippen molar-refractivity contribution < 1.29 is 23.6 Å². The van der Waals surface area contributed by atoms with E-state index >= 15 is 0 Å². The zero-order chi connectivity index (χ0) is 26.0. The molecule has 196 valence electrons. The van der Waals surface area contributed by atoms with Crippen LogP contribution in [-0.2, 0) is 9.59 Å². The molecule has 2 N–H and O–H groups in total. The van der Waals surface area contributed by atoms with Crippen LogP contribution in [0, 0.1) is 24.1 Å². The summed E-state index contributed by atoms with van der Waals surface area (Å²) < 4.78 is 20.2. The van der Waals surface area contributed by atoms with Gasteiger partial charge in [0.25, 0.3) is 0 Å². The molecule has 2 aliphatic carbocycles. The van der Waals surface area contributed by atoms with E-state index in [1.807, 2.05) is 0 Å². The van der Waals surface area contributed by atoms with Gasteiger partial charge in [-0.05, 0) is 80.4 Å². The van der Waals surface area contributed by atoms with Gasteiger partial charge in [0.2, 0.25) is 5.91 Å². The highest BCUT2D eigenvalue weighted by Gasteiger charge is 2.42. The first-order chi connectivity index (χ1) is 17.1. The summed E-state index contributed by atoms with van der Waals surface area (Å²) in [5.41, 5.74) is 3.07. The predicted octanol–water partition coefficient (Wildman–Crippen LogP) is 7.30. The number of rotatable bonds is 12. The Kier molecular flexibility index (Phi) is 7.86. The zero-order valence-corrected chi connectivity index (χ0v) is 21.9. The SMILES string of the molecule is CCC(C)(C)C[C@H]1C[C@H](c2onc([C@@H](CCC(=O)O)CC(=O)Nc3ccc(C)cc3F)c2C2CC2)C1. The minimum atomic E-state index is -0.915. The molecule has 4 rings (SSSR count). The number of carboxylic acids is 1. The number of aromatic nitrogens is 1. The standard InChI is InChI=1S/C29H39FN2O4/c1-5-29(3,4)16-18-13-21(14-18)28-26(19-7-8-19)27(32-36-28)20(9-11-25(34)35)15-24(33)31-23-10-6-17(2)12-22(23)30/h6,10,12,18-21H,5,7-9,11,13-16H2,1-4H3,(H,31,33)(H,34,35)/t18-,20-,21-/m0/s1. The lowest BCUT2D eigenvalue weighted by Gasteiger charge is -2.39. The minimum absolute atomic E-state index is 0.0320. The Morgan fingerprint density at radius 3 is 2.58 bits per heavy atom. The maximum Gasteiger partial charge on any atom is 0.303 e. The number of nitrogens with one attached hydrogen (secondary N) is 1. The molecule has 7 heteroatoms. The normalized spacial score (nSPS) is 20.6. The Labute approximate surface area is 213 Å². The van der Waals surface area contributed by atoms with Crippen molar-refractivity contribution in [1.82, 2.24) is 5.16 Å². The third-order valence-corrected chi connectivity index (χ3v) is 8.10. The number of halogens is 1.